The minimum Gasteiger partial charge on any atom is -0.465 e. The molecule has 1 unspecified atom stereocenters. The highest BCUT2D eigenvalue weighted by Gasteiger charge is 2.45. The smallest absolute Gasteiger partial charge is 0.315 e. The van der Waals surface area contributed by atoms with Crippen LogP contribution in [-0.4, -0.2) is 24.1 Å². The van der Waals surface area contributed by atoms with Crippen LogP contribution in [-0.2, 0) is 9.53 Å². The molecule has 0 spiro atoms. The number of rotatable bonds is 3. The van der Waals surface area contributed by atoms with E-state index in [0.717, 1.165) is 16.7 Å². The summed E-state index contributed by atoms with van der Waals surface area (Å²) in [4.78, 5) is 30.7. The molecule has 27 heavy (non-hydrogen) atoms. The van der Waals surface area contributed by atoms with Gasteiger partial charge in [0.2, 0.25) is 0 Å². The number of esters is 1. The number of aliphatic imine (C=N–C) groups is 1. The van der Waals surface area contributed by atoms with E-state index in [4.69, 9.17) is 4.74 Å². The van der Waals surface area contributed by atoms with Gasteiger partial charge in [-0.05, 0) is 26.3 Å². The number of ketones is 1. The molecule has 2 aliphatic rings. The highest BCUT2D eigenvalue weighted by molar-refractivity contribution is 6.24. The maximum Gasteiger partial charge on any atom is 0.315 e. The second-order valence-corrected chi connectivity index (χ2v) is 7.01. The van der Waals surface area contributed by atoms with Crippen molar-refractivity contribution in [3.63, 3.8) is 0 Å². The summed E-state index contributed by atoms with van der Waals surface area (Å²) in [5.41, 5.74) is 5.53. The Balaban J connectivity index is 1.92. The Morgan fingerprint density at radius 2 is 1.70 bits per heavy atom. The number of nitrogens with zero attached hydrogens (tertiary/aromatic N) is 1. The minimum absolute atomic E-state index is 0.0447. The van der Waals surface area contributed by atoms with Crippen LogP contribution in [0.5, 0.6) is 0 Å². The topological polar surface area (TPSA) is 55.7 Å². The predicted molar refractivity (Wildman–Crippen MR) is 105 cm³/mol. The van der Waals surface area contributed by atoms with E-state index in [1.807, 2.05) is 62.4 Å². The van der Waals surface area contributed by atoms with Crippen molar-refractivity contribution in [2.75, 3.05) is 6.61 Å². The average molecular weight is 359 g/mol. The molecular formula is C23H21NO3. The van der Waals surface area contributed by atoms with Crippen LogP contribution >= 0.6 is 0 Å². The van der Waals surface area contributed by atoms with Crippen molar-refractivity contribution >= 4 is 23.2 Å². The van der Waals surface area contributed by atoms with Crippen molar-refractivity contribution in [3.05, 3.63) is 76.4 Å². The Bertz CT molecular complexity index is 999. The third kappa shape index (κ3) is 2.72. The van der Waals surface area contributed by atoms with E-state index >= 15 is 0 Å². The molecule has 2 aromatic carbocycles. The molecule has 0 amide bonds. The zero-order chi connectivity index (χ0) is 19.1. The molecule has 0 saturated heterocycles. The van der Waals surface area contributed by atoms with E-state index in [1.165, 1.54) is 0 Å². The number of carbonyl (C=O) groups excluding carboxylic acids is 2. The van der Waals surface area contributed by atoms with Crippen LogP contribution in [0.3, 0.4) is 0 Å². The van der Waals surface area contributed by atoms with E-state index in [-0.39, 0.29) is 11.8 Å². The van der Waals surface area contributed by atoms with Crippen LogP contribution in [0.1, 0.15) is 46.8 Å². The number of ether oxygens (including phenoxy) is 1. The van der Waals surface area contributed by atoms with Gasteiger partial charge in [0.15, 0.2) is 5.78 Å². The summed E-state index contributed by atoms with van der Waals surface area (Å²) in [6, 6.07) is 15.5. The van der Waals surface area contributed by atoms with Crippen LogP contribution < -0.4 is 0 Å². The van der Waals surface area contributed by atoms with Crippen LogP contribution in [0.25, 0.3) is 5.70 Å². The van der Waals surface area contributed by atoms with Gasteiger partial charge in [0.05, 0.1) is 12.3 Å². The summed E-state index contributed by atoms with van der Waals surface area (Å²) in [7, 11) is 0. The molecule has 4 heteroatoms. The first kappa shape index (κ1) is 17.4. The molecule has 2 aromatic rings. The summed E-state index contributed by atoms with van der Waals surface area (Å²) in [6.07, 6.45) is 0. The van der Waals surface area contributed by atoms with E-state index in [2.05, 4.69) is 4.99 Å². The summed E-state index contributed by atoms with van der Waals surface area (Å²) in [5.74, 6) is -1.36. The van der Waals surface area contributed by atoms with Gasteiger partial charge in [0.25, 0.3) is 0 Å². The normalized spacial score (nSPS) is 20.9. The van der Waals surface area contributed by atoms with Gasteiger partial charge in [-0.25, -0.2) is 0 Å². The molecule has 4 rings (SSSR count). The molecule has 0 radical (unpaired) electrons. The Kier molecular flexibility index (Phi) is 4.27. The van der Waals surface area contributed by atoms with Crippen molar-refractivity contribution in [2.45, 2.75) is 26.7 Å². The van der Waals surface area contributed by atoms with Gasteiger partial charge < -0.3 is 4.74 Å². The van der Waals surface area contributed by atoms with Crippen molar-refractivity contribution in [3.8, 4) is 0 Å². The standard InChI is InChI=1S/C23H21NO3/c1-4-27-23(26)18-14(3)24-21-16-7-5-6-8-17(16)22(25)20(21)19(18)15-11-9-13(2)10-12-15/h5-12,18-19H,4H2,1-3H3/t18?,19-/m1/s1. The van der Waals surface area contributed by atoms with E-state index in [9.17, 15) is 9.59 Å². The van der Waals surface area contributed by atoms with Gasteiger partial charge in [-0.2, -0.15) is 0 Å². The molecule has 0 N–H and O–H groups in total. The summed E-state index contributed by atoms with van der Waals surface area (Å²) >= 11 is 0. The molecular weight excluding hydrogens is 338 g/mol. The summed E-state index contributed by atoms with van der Waals surface area (Å²) in [5, 5.41) is 0. The third-order valence-corrected chi connectivity index (χ3v) is 5.29. The molecule has 0 aromatic heterocycles. The zero-order valence-electron chi connectivity index (χ0n) is 15.7. The lowest BCUT2D eigenvalue weighted by molar-refractivity contribution is -0.145. The summed E-state index contributed by atoms with van der Waals surface area (Å²) in [6.45, 7) is 5.94. The molecule has 1 aliphatic heterocycles. The quantitative estimate of drug-likeness (QED) is 0.766. The molecule has 136 valence electrons. The fourth-order valence-corrected chi connectivity index (χ4v) is 4.02. The highest BCUT2D eigenvalue weighted by Crippen LogP contribution is 2.48. The predicted octanol–water partition coefficient (Wildman–Crippen LogP) is 4.34. The van der Waals surface area contributed by atoms with Crippen molar-refractivity contribution in [2.24, 2.45) is 10.9 Å². The first-order valence-electron chi connectivity index (χ1n) is 9.19. The van der Waals surface area contributed by atoms with Crippen molar-refractivity contribution in [1.29, 1.82) is 0 Å². The first-order chi connectivity index (χ1) is 13.0. The lowest BCUT2D eigenvalue weighted by atomic mass is 9.75. The number of benzene rings is 2. The van der Waals surface area contributed by atoms with Crippen LogP contribution in [0.4, 0.5) is 0 Å². The van der Waals surface area contributed by atoms with Crippen LogP contribution in [0.15, 0.2) is 59.1 Å². The van der Waals surface area contributed by atoms with E-state index < -0.39 is 11.8 Å². The molecule has 1 heterocycles. The van der Waals surface area contributed by atoms with Gasteiger partial charge in [-0.3, -0.25) is 14.6 Å². The molecule has 0 bridgehead atoms. The fraction of sp³-hybridized carbons (Fsp3) is 0.261. The molecule has 0 fully saturated rings. The number of allylic oxidation sites excluding steroid dienone is 1. The zero-order valence-corrected chi connectivity index (χ0v) is 15.7. The number of carbonyl (C=O) groups is 2. The molecule has 2 atom stereocenters. The second-order valence-electron chi connectivity index (χ2n) is 7.01. The largest absolute Gasteiger partial charge is 0.465 e. The van der Waals surface area contributed by atoms with E-state index in [1.54, 1.807) is 6.92 Å². The SMILES string of the molecule is CCOC(=O)C1C(C)=NC2=C(C(=O)c3ccccc32)[C@@H]1c1ccc(C)cc1. The van der Waals surface area contributed by atoms with Crippen LogP contribution in [0.2, 0.25) is 0 Å². The fourth-order valence-electron chi connectivity index (χ4n) is 4.02. The third-order valence-electron chi connectivity index (χ3n) is 5.29. The van der Waals surface area contributed by atoms with Crippen LogP contribution in [0, 0.1) is 12.8 Å². The highest BCUT2D eigenvalue weighted by atomic mass is 16.5. The second kappa shape index (κ2) is 6.62. The van der Waals surface area contributed by atoms with Gasteiger partial charge in [0.1, 0.15) is 5.92 Å². The number of fused-ring (bicyclic) bond motifs is 2. The maximum absolute atomic E-state index is 13.2. The number of Topliss-reactive ketones (excluding diaryl/α,β-unsaturated/α-hetero) is 1. The lowest BCUT2D eigenvalue weighted by Gasteiger charge is -2.30. The van der Waals surface area contributed by atoms with Crippen molar-refractivity contribution in [1.82, 2.24) is 0 Å². The Morgan fingerprint density at radius 1 is 1.04 bits per heavy atom. The van der Waals surface area contributed by atoms with Gasteiger partial charge in [0, 0.05) is 28.3 Å². The molecule has 4 nitrogen and oxygen atoms in total. The Morgan fingerprint density at radius 3 is 2.37 bits per heavy atom. The average Bonchev–Trinajstić information content (AvgIpc) is 2.94. The summed E-state index contributed by atoms with van der Waals surface area (Å²) < 4.78 is 5.33. The van der Waals surface area contributed by atoms with E-state index in [0.29, 0.717) is 29.2 Å². The first-order valence-corrected chi connectivity index (χ1v) is 9.19. The Hall–Kier alpha value is -3.01. The maximum atomic E-state index is 13.2. The van der Waals surface area contributed by atoms with Gasteiger partial charge in [-0.15, -0.1) is 0 Å². The number of hydrogen-bond donors (Lipinski definition) is 0. The van der Waals surface area contributed by atoms with Crippen molar-refractivity contribution < 1.29 is 14.3 Å². The molecule has 1 aliphatic carbocycles. The number of aryl methyl sites for hydroxylation is 1. The van der Waals surface area contributed by atoms with Gasteiger partial charge in [-0.1, -0.05) is 54.1 Å². The molecule has 0 saturated carbocycles. The lowest BCUT2D eigenvalue weighted by Crippen LogP contribution is -2.35. The van der Waals surface area contributed by atoms with Gasteiger partial charge >= 0.3 is 5.97 Å². The minimum atomic E-state index is -0.593. The Labute approximate surface area is 158 Å². The monoisotopic (exact) mass is 359 g/mol. The number of hydrogen-bond acceptors (Lipinski definition) is 4.